The average Bonchev–Trinajstić information content (AvgIpc) is 2.78. The number of guanidine groups is 1. The van der Waals surface area contributed by atoms with Crippen molar-refractivity contribution in [3.05, 3.63) is 71.3 Å². The van der Waals surface area contributed by atoms with E-state index in [1.165, 1.54) is 5.56 Å². The Kier molecular flexibility index (Phi) is 13.0. The van der Waals surface area contributed by atoms with Gasteiger partial charge in [-0.2, -0.15) is 0 Å². The molecule has 31 heavy (non-hydrogen) atoms. The maximum absolute atomic E-state index is 12.1. The largest absolute Gasteiger partial charge is 0.357 e. The maximum atomic E-state index is 12.1. The molecule has 2 aromatic carbocycles. The Bertz CT molecular complexity index is 843. The number of hydrogen-bond donors (Lipinski definition) is 4. The van der Waals surface area contributed by atoms with Crippen LogP contribution in [-0.2, 0) is 17.6 Å². The lowest BCUT2D eigenvalue weighted by Gasteiger charge is -2.12. The normalized spacial score (nSPS) is 10.6. The second-order valence-corrected chi connectivity index (χ2v) is 6.74. The monoisotopic (exact) mass is 537 g/mol. The summed E-state index contributed by atoms with van der Waals surface area (Å²) < 4.78 is 0. The van der Waals surface area contributed by atoms with Crippen LogP contribution in [-0.4, -0.2) is 51.0 Å². The molecule has 0 aliphatic heterocycles. The van der Waals surface area contributed by atoms with Crippen molar-refractivity contribution in [1.29, 1.82) is 0 Å². The first-order chi connectivity index (χ1) is 14.6. The molecular weight excluding hydrogens is 505 g/mol. The van der Waals surface area contributed by atoms with Gasteiger partial charge >= 0.3 is 0 Å². The van der Waals surface area contributed by atoms with Crippen molar-refractivity contribution in [1.82, 2.24) is 21.3 Å². The Morgan fingerprint density at radius 3 is 2.26 bits per heavy atom. The zero-order chi connectivity index (χ0) is 21.6. The van der Waals surface area contributed by atoms with Crippen molar-refractivity contribution in [2.45, 2.75) is 19.8 Å². The summed E-state index contributed by atoms with van der Waals surface area (Å²) >= 11 is 0. The number of amides is 2. The van der Waals surface area contributed by atoms with Gasteiger partial charge in [0.1, 0.15) is 6.54 Å². The van der Waals surface area contributed by atoms with E-state index in [0.29, 0.717) is 31.2 Å². The second-order valence-electron chi connectivity index (χ2n) is 6.74. The lowest BCUT2D eigenvalue weighted by molar-refractivity contribution is -0.119. The van der Waals surface area contributed by atoms with Gasteiger partial charge in [-0.25, -0.2) is 4.99 Å². The smallest absolute Gasteiger partial charge is 0.251 e. The molecule has 0 aromatic heterocycles. The molecule has 0 spiro atoms. The van der Waals surface area contributed by atoms with Gasteiger partial charge in [0.05, 0.1) is 0 Å². The van der Waals surface area contributed by atoms with Crippen molar-refractivity contribution in [2.24, 2.45) is 4.99 Å². The SMILES string of the molecule is CCNC(=NCC(=O)NCCc1ccccc1)NCCc1cccc(C(=O)NC)c1.I. The summed E-state index contributed by atoms with van der Waals surface area (Å²) in [6, 6.07) is 17.6. The molecule has 8 heteroatoms. The molecule has 0 atom stereocenters. The first-order valence-electron chi connectivity index (χ1n) is 10.3. The summed E-state index contributed by atoms with van der Waals surface area (Å²) in [6.45, 7) is 3.97. The molecule has 0 heterocycles. The molecule has 0 saturated heterocycles. The van der Waals surface area contributed by atoms with Crippen LogP contribution in [0.5, 0.6) is 0 Å². The fraction of sp³-hybridized carbons (Fsp3) is 0.348. The molecule has 0 aliphatic rings. The second kappa shape index (κ2) is 15.2. The Hall–Kier alpha value is -2.62. The van der Waals surface area contributed by atoms with Crippen molar-refractivity contribution in [3.8, 4) is 0 Å². The number of benzene rings is 2. The van der Waals surface area contributed by atoms with Crippen LogP contribution in [0.3, 0.4) is 0 Å². The van der Waals surface area contributed by atoms with Crippen LogP contribution in [0.2, 0.25) is 0 Å². The van der Waals surface area contributed by atoms with Gasteiger partial charge in [0.15, 0.2) is 5.96 Å². The van der Waals surface area contributed by atoms with Crippen molar-refractivity contribution >= 4 is 41.8 Å². The number of carbonyl (C=O) groups is 2. The molecule has 168 valence electrons. The molecule has 0 unspecified atom stereocenters. The molecule has 2 aromatic rings. The molecule has 0 saturated carbocycles. The van der Waals surface area contributed by atoms with Crippen LogP contribution in [0, 0.1) is 0 Å². The molecule has 2 amide bonds. The highest BCUT2D eigenvalue weighted by molar-refractivity contribution is 14.0. The van der Waals surface area contributed by atoms with E-state index in [-0.39, 0.29) is 42.3 Å². The first-order valence-corrected chi connectivity index (χ1v) is 10.3. The van der Waals surface area contributed by atoms with E-state index in [1.54, 1.807) is 13.1 Å². The molecule has 7 nitrogen and oxygen atoms in total. The summed E-state index contributed by atoms with van der Waals surface area (Å²) in [5.74, 6) is 0.387. The quantitative estimate of drug-likeness (QED) is 0.212. The minimum atomic E-state index is -0.110. The maximum Gasteiger partial charge on any atom is 0.251 e. The van der Waals surface area contributed by atoms with Crippen LogP contribution >= 0.6 is 24.0 Å². The van der Waals surface area contributed by atoms with E-state index in [4.69, 9.17) is 0 Å². The van der Waals surface area contributed by atoms with E-state index in [0.717, 1.165) is 18.4 Å². The minimum Gasteiger partial charge on any atom is -0.357 e. The topological polar surface area (TPSA) is 94.6 Å². The van der Waals surface area contributed by atoms with Gasteiger partial charge in [-0.1, -0.05) is 42.5 Å². The number of nitrogens with one attached hydrogen (secondary N) is 4. The molecule has 2 rings (SSSR count). The fourth-order valence-electron chi connectivity index (χ4n) is 2.88. The number of carbonyl (C=O) groups excluding carboxylic acids is 2. The van der Waals surface area contributed by atoms with Crippen LogP contribution in [0.25, 0.3) is 0 Å². The fourth-order valence-corrected chi connectivity index (χ4v) is 2.88. The number of nitrogens with zero attached hydrogens (tertiary/aromatic N) is 1. The first kappa shape index (κ1) is 26.4. The highest BCUT2D eigenvalue weighted by Gasteiger charge is 2.05. The summed E-state index contributed by atoms with van der Waals surface area (Å²) in [5.41, 5.74) is 2.89. The highest BCUT2D eigenvalue weighted by Crippen LogP contribution is 2.05. The summed E-state index contributed by atoms with van der Waals surface area (Å²) in [7, 11) is 1.62. The number of aliphatic imine (C=N–C) groups is 1. The summed E-state index contributed by atoms with van der Waals surface area (Å²) in [6.07, 6.45) is 1.53. The molecule has 0 radical (unpaired) electrons. The van der Waals surface area contributed by atoms with Gasteiger partial charge in [-0.15, -0.1) is 24.0 Å². The molecule has 0 aliphatic carbocycles. The van der Waals surface area contributed by atoms with Crippen LogP contribution < -0.4 is 21.3 Å². The van der Waals surface area contributed by atoms with Gasteiger partial charge in [-0.3, -0.25) is 9.59 Å². The Balaban J connectivity index is 0.00000480. The Morgan fingerprint density at radius 1 is 0.871 bits per heavy atom. The summed E-state index contributed by atoms with van der Waals surface area (Å²) in [4.78, 5) is 28.1. The van der Waals surface area contributed by atoms with E-state index in [9.17, 15) is 9.59 Å². The van der Waals surface area contributed by atoms with Gasteiger partial charge < -0.3 is 21.3 Å². The van der Waals surface area contributed by atoms with Crippen molar-refractivity contribution in [3.63, 3.8) is 0 Å². The molecule has 0 bridgehead atoms. The van der Waals surface area contributed by atoms with Gasteiger partial charge in [0.2, 0.25) is 5.91 Å². The zero-order valence-corrected chi connectivity index (χ0v) is 20.4. The van der Waals surface area contributed by atoms with Crippen molar-refractivity contribution < 1.29 is 9.59 Å². The minimum absolute atomic E-state index is 0. The van der Waals surface area contributed by atoms with Gasteiger partial charge in [0, 0.05) is 32.2 Å². The lowest BCUT2D eigenvalue weighted by atomic mass is 10.1. The summed E-state index contributed by atoms with van der Waals surface area (Å²) in [5, 5.41) is 11.9. The number of halogens is 1. The third kappa shape index (κ3) is 10.3. The highest BCUT2D eigenvalue weighted by atomic mass is 127. The van der Waals surface area contributed by atoms with E-state index >= 15 is 0 Å². The predicted octanol–water partition coefficient (Wildman–Crippen LogP) is 2.12. The van der Waals surface area contributed by atoms with E-state index < -0.39 is 0 Å². The van der Waals surface area contributed by atoms with Crippen LogP contribution in [0.1, 0.15) is 28.4 Å². The third-order valence-corrected chi connectivity index (χ3v) is 4.43. The zero-order valence-electron chi connectivity index (χ0n) is 18.1. The predicted molar refractivity (Wildman–Crippen MR) is 136 cm³/mol. The Labute approximate surface area is 201 Å². The average molecular weight is 537 g/mol. The van der Waals surface area contributed by atoms with Gasteiger partial charge in [0.25, 0.3) is 5.91 Å². The molecule has 4 N–H and O–H groups in total. The van der Waals surface area contributed by atoms with E-state index in [1.807, 2.05) is 55.5 Å². The standard InChI is InChI=1S/C23H31N5O2.HI/c1-3-25-23(27-15-13-19-10-7-11-20(16-19)22(30)24-2)28-17-21(29)26-14-12-18-8-5-4-6-9-18;/h4-11,16H,3,12-15,17H2,1-2H3,(H,24,30)(H,26,29)(H2,25,27,28);1H. The number of hydrogen-bond acceptors (Lipinski definition) is 3. The number of rotatable bonds is 10. The van der Waals surface area contributed by atoms with Gasteiger partial charge in [-0.05, 0) is 43.0 Å². The lowest BCUT2D eigenvalue weighted by Crippen LogP contribution is -2.39. The van der Waals surface area contributed by atoms with Crippen LogP contribution in [0.15, 0.2) is 59.6 Å². The molecular formula is C23H32IN5O2. The van der Waals surface area contributed by atoms with Crippen molar-refractivity contribution in [2.75, 3.05) is 33.2 Å². The Morgan fingerprint density at radius 2 is 1.55 bits per heavy atom. The molecule has 0 fully saturated rings. The van der Waals surface area contributed by atoms with E-state index in [2.05, 4.69) is 26.3 Å². The third-order valence-electron chi connectivity index (χ3n) is 4.43. The van der Waals surface area contributed by atoms with Crippen LogP contribution in [0.4, 0.5) is 0 Å².